The van der Waals surface area contributed by atoms with Crippen LogP contribution in [0.25, 0.3) is 0 Å². The van der Waals surface area contributed by atoms with Gasteiger partial charge in [0.05, 0.1) is 17.6 Å². The van der Waals surface area contributed by atoms with Gasteiger partial charge in [-0.3, -0.25) is 14.9 Å². The van der Waals surface area contributed by atoms with Crippen LogP contribution >= 0.6 is 23.2 Å². The second-order valence-corrected chi connectivity index (χ2v) is 6.40. The van der Waals surface area contributed by atoms with E-state index in [0.717, 1.165) is 11.6 Å². The molecule has 0 aliphatic rings. The number of nitrogens with zero attached hydrogens (tertiary/aromatic N) is 1. The summed E-state index contributed by atoms with van der Waals surface area (Å²) < 4.78 is 9.74. The van der Waals surface area contributed by atoms with Gasteiger partial charge in [0, 0.05) is 22.7 Å². The van der Waals surface area contributed by atoms with E-state index in [1.54, 1.807) is 18.2 Å². The average molecular weight is 427 g/mol. The van der Waals surface area contributed by atoms with E-state index in [1.165, 1.54) is 19.2 Å². The summed E-state index contributed by atoms with van der Waals surface area (Å²) in [7, 11) is 1.28. The molecule has 0 heterocycles. The van der Waals surface area contributed by atoms with Crippen LogP contribution in [-0.4, -0.2) is 37.1 Å². The minimum absolute atomic E-state index is 0.0140. The second kappa shape index (κ2) is 9.91. The molecule has 0 aliphatic carbocycles. The Balaban J connectivity index is 1.84. The molecule has 0 atom stereocenters. The minimum atomic E-state index is -0.860. The molecule has 0 bridgehead atoms. The van der Waals surface area contributed by atoms with Crippen molar-refractivity contribution >= 4 is 40.8 Å². The number of carbonyl (C=O) groups excluding carboxylic acids is 2. The fourth-order valence-corrected chi connectivity index (χ4v) is 2.79. The van der Waals surface area contributed by atoms with E-state index in [-0.39, 0.29) is 23.5 Å². The van der Waals surface area contributed by atoms with Gasteiger partial charge in [-0.2, -0.15) is 0 Å². The zero-order valence-electron chi connectivity index (χ0n) is 14.7. The van der Waals surface area contributed by atoms with Crippen LogP contribution in [0.2, 0.25) is 10.0 Å². The maximum absolute atomic E-state index is 12.0. The third-order valence-corrected chi connectivity index (χ3v) is 4.26. The number of rotatable bonds is 8. The molecule has 0 fully saturated rings. The molecule has 0 spiro atoms. The Morgan fingerprint density at radius 3 is 2.57 bits per heavy atom. The highest BCUT2D eigenvalue weighted by molar-refractivity contribution is 6.35. The Labute approximate surface area is 170 Å². The number of ether oxygens (including phenoxy) is 2. The van der Waals surface area contributed by atoms with Crippen molar-refractivity contribution in [2.24, 2.45) is 0 Å². The molecular formula is C18H16Cl2N2O6. The van der Waals surface area contributed by atoms with Gasteiger partial charge in [0.15, 0.2) is 12.4 Å². The highest BCUT2D eigenvalue weighted by Crippen LogP contribution is 2.27. The van der Waals surface area contributed by atoms with Crippen molar-refractivity contribution in [2.45, 2.75) is 6.42 Å². The van der Waals surface area contributed by atoms with E-state index in [2.05, 4.69) is 5.32 Å². The van der Waals surface area contributed by atoms with Gasteiger partial charge >= 0.3 is 11.7 Å². The van der Waals surface area contributed by atoms with Gasteiger partial charge in [-0.1, -0.05) is 29.3 Å². The van der Waals surface area contributed by atoms with E-state index in [0.29, 0.717) is 16.5 Å². The zero-order chi connectivity index (χ0) is 20.7. The van der Waals surface area contributed by atoms with Gasteiger partial charge in [-0.15, -0.1) is 0 Å². The first-order valence-electron chi connectivity index (χ1n) is 8.02. The van der Waals surface area contributed by atoms with Crippen molar-refractivity contribution in [2.75, 3.05) is 20.3 Å². The highest BCUT2D eigenvalue weighted by Gasteiger charge is 2.19. The van der Waals surface area contributed by atoms with Crippen LogP contribution < -0.4 is 10.1 Å². The number of amides is 1. The van der Waals surface area contributed by atoms with Crippen LogP contribution in [0.15, 0.2) is 36.4 Å². The number of nitro groups is 1. The van der Waals surface area contributed by atoms with Gasteiger partial charge in [-0.05, 0) is 36.2 Å². The Morgan fingerprint density at radius 2 is 1.93 bits per heavy atom. The molecule has 0 aromatic heterocycles. The zero-order valence-corrected chi connectivity index (χ0v) is 16.2. The number of carbonyl (C=O) groups is 2. The van der Waals surface area contributed by atoms with Crippen molar-refractivity contribution < 1.29 is 24.0 Å². The van der Waals surface area contributed by atoms with Crippen LogP contribution in [-0.2, 0) is 16.0 Å². The number of hydrogen-bond donors (Lipinski definition) is 1. The predicted molar refractivity (Wildman–Crippen MR) is 103 cm³/mol. The van der Waals surface area contributed by atoms with Crippen molar-refractivity contribution in [3.8, 4) is 5.75 Å². The summed E-state index contributed by atoms with van der Waals surface area (Å²) in [5.74, 6) is -1.36. The second-order valence-electron chi connectivity index (χ2n) is 5.56. The molecular weight excluding hydrogens is 411 g/mol. The molecule has 2 aromatic carbocycles. The minimum Gasteiger partial charge on any atom is -0.490 e. The highest BCUT2D eigenvalue weighted by atomic mass is 35.5. The number of methoxy groups -OCH3 is 1. The monoisotopic (exact) mass is 426 g/mol. The van der Waals surface area contributed by atoms with Gasteiger partial charge in [-0.25, -0.2) is 4.79 Å². The van der Waals surface area contributed by atoms with Crippen LogP contribution in [0, 0.1) is 10.1 Å². The van der Waals surface area contributed by atoms with Crippen molar-refractivity contribution in [3.63, 3.8) is 0 Å². The van der Waals surface area contributed by atoms with Gasteiger partial charge < -0.3 is 14.8 Å². The lowest BCUT2D eigenvalue weighted by molar-refractivity contribution is -0.385. The first-order chi connectivity index (χ1) is 13.3. The number of halogens is 2. The fraction of sp³-hybridized carbons (Fsp3) is 0.222. The van der Waals surface area contributed by atoms with Crippen molar-refractivity contribution in [1.29, 1.82) is 0 Å². The summed E-state index contributed by atoms with van der Waals surface area (Å²) in [6.07, 6.45) is 0.473. The average Bonchev–Trinajstić information content (AvgIpc) is 2.67. The van der Waals surface area contributed by atoms with Gasteiger partial charge in [0.1, 0.15) is 0 Å². The molecule has 1 N–H and O–H groups in total. The van der Waals surface area contributed by atoms with Crippen LogP contribution in [0.5, 0.6) is 5.75 Å². The van der Waals surface area contributed by atoms with E-state index in [4.69, 9.17) is 32.7 Å². The quantitative estimate of drug-likeness (QED) is 0.393. The van der Waals surface area contributed by atoms with Crippen molar-refractivity contribution in [3.05, 3.63) is 67.7 Å². The summed E-state index contributed by atoms with van der Waals surface area (Å²) in [4.78, 5) is 34.1. The lowest BCUT2D eigenvalue weighted by Crippen LogP contribution is -2.30. The maximum Gasteiger partial charge on any atom is 0.338 e. The summed E-state index contributed by atoms with van der Waals surface area (Å²) in [5.41, 5.74) is 0.378. The Hall–Kier alpha value is -2.84. The molecule has 10 heteroatoms. The topological polar surface area (TPSA) is 108 Å². The van der Waals surface area contributed by atoms with E-state index >= 15 is 0 Å². The van der Waals surface area contributed by atoms with E-state index in [1.807, 2.05) is 0 Å². The van der Waals surface area contributed by atoms with Gasteiger partial charge in [0.25, 0.3) is 5.91 Å². The molecule has 0 saturated carbocycles. The summed E-state index contributed by atoms with van der Waals surface area (Å²) >= 11 is 11.9. The first-order valence-corrected chi connectivity index (χ1v) is 8.77. The molecule has 0 saturated heterocycles. The third kappa shape index (κ3) is 5.83. The predicted octanol–water partition coefficient (Wildman–Crippen LogP) is 3.43. The van der Waals surface area contributed by atoms with Crippen LogP contribution in [0.4, 0.5) is 5.69 Å². The summed E-state index contributed by atoms with van der Waals surface area (Å²) in [6, 6.07) is 8.69. The summed E-state index contributed by atoms with van der Waals surface area (Å²) in [6.45, 7) is -0.237. The number of benzene rings is 2. The van der Waals surface area contributed by atoms with Crippen LogP contribution in [0.1, 0.15) is 15.9 Å². The summed E-state index contributed by atoms with van der Waals surface area (Å²) in [5, 5.41) is 14.6. The number of nitrogens with one attached hydrogen (secondary N) is 1. The largest absolute Gasteiger partial charge is 0.490 e. The maximum atomic E-state index is 12.0. The van der Waals surface area contributed by atoms with E-state index < -0.39 is 23.4 Å². The number of nitro benzene ring substituents is 1. The molecule has 148 valence electrons. The normalized spacial score (nSPS) is 10.2. The fourth-order valence-electron chi connectivity index (χ4n) is 2.29. The smallest absolute Gasteiger partial charge is 0.338 e. The van der Waals surface area contributed by atoms with Crippen LogP contribution in [0.3, 0.4) is 0 Å². The lowest BCUT2D eigenvalue weighted by atomic mass is 10.1. The third-order valence-electron chi connectivity index (χ3n) is 3.68. The Morgan fingerprint density at radius 1 is 1.18 bits per heavy atom. The Kier molecular flexibility index (Phi) is 7.60. The molecule has 0 aliphatic heterocycles. The molecule has 0 radical (unpaired) electrons. The molecule has 0 unspecified atom stereocenters. The first kappa shape index (κ1) is 21.5. The number of hydrogen-bond acceptors (Lipinski definition) is 6. The SMILES string of the molecule is COc1ccc(C(=O)OCC(=O)NCCc2ccc(Cl)cc2Cl)cc1[N+](=O)[O-]. The standard InChI is InChI=1S/C18H16Cl2N2O6/c1-27-16-5-3-12(8-15(16)22(25)26)18(24)28-10-17(23)21-7-6-11-2-4-13(19)9-14(11)20/h2-5,8-9H,6-7,10H2,1H3,(H,21,23). The molecule has 2 rings (SSSR count). The van der Waals surface area contributed by atoms with Gasteiger partial charge in [0.2, 0.25) is 0 Å². The molecule has 1 amide bonds. The lowest BCUT2D eigenvalue weighted by Gasteiger charge is -2.08. The molecule has 28 heavy (non-hydrogen) atoms. The van der Waals surface area contributed by atoms with Crippen molar-refractivity contribution in [1.82, 2.24) is 5.32 Å². The number of esters is 1. The van der Waals surface area contributed by atoms with E-state index in [9.17, 15) is 19.7 Å². The molecule has 8 nitrogen and oxygen atoms in total. The molecule has 2 aromatic rings. The Bertz CT molecular complexity index is 904.